The minimum Gasteiger partial charge on any atom is -0.505 e. The maximum atomic E-state index is 12.6. The number of nitrogens with zero attached hydrogens (tertiary/aromatic N) is 2. The predicted molar refractivity (Wildman–Crippen MR) is 100 cm³/mol. The topological polar surface area (TPSA) is 93.5 Å². The van der Waals surface area contributed by atoms with Crippen molar-refractivity contribution in [1.82, 2.24) is 15.1 Å². The maximum absolute atomic E-state index is 12.6. The number of aromatic nitrogens is 2. The molecule has 27 heavy (non-hydrogen) atoms. The summed E-state index contributed by atoms with van der Waals surface area (Å²) in [5, 5.41) is 16.9. The Morgan fingerprint density at radius 3 is 2.52 bits per heavy atom. The fourth-order valence-electron chi connectivity index (χ4n) is 2.68. The van der Waals surface area contributed by atoms with E-state index in [0.29, 0.717) is 11.4 Å². The minimum atomic E-state index is -0.590. The van der Waals surface area contributed by atoms with E-state index in [4.69, 9.17) is 4.74 Å². The first-order valence-corrected chi connectivity index (χ1v) is 8.34. The Morgan fingerprint density at radius 1 is 1.15 bits per heavy atom. The second-order valence-corrected chi connectivity index (χ2v) is 5.91. The molecule has 0 aliphatic heterocycles. The Hall–Kier alpha value is -3.61. The summed E-state index contributed by atoms with van der Waals surface area (Å²) in [7, 11) is 1.47. The summed E-state index contributed by atoms with van der Waals surface area (Å²) in [5.41, 5.74) is 0.450. The number of hydrogen-bond acceptors (Lipinski definition) is 5. The zero-order valence-electron chi connectivity index (χ0n) is 14.9. The highest BCUT2D eigenvalue weighted by Crippen LogP contribution is 2.21. The van der Waals surface area contributed by atoms with Gasteiger partial charge in [0.25, 0.3) is 11.5 Å². The Balaban J connectivity index is 1.96. The highest BCUT2D eigenvalue weighted by molar-refractivity contribution is 5.94. The molecule has 0 fully saturated rings. The minimum absolute atomic E-state index is 0.247. The van der Waals surface area contributed by atoms with Crippen molar-refractivity contribution in [1.29, 1.82) is 0 Å². The van der Waals surface area contributed by atoms with Crippen molar-refractivity contribution in [3.05, 3.63) is 82.3 Å². The lowest BCUT2D eigenvalue weighted by atomic mass is 10.1. The van der Waals surface area contributed by atoms with Gasteiger partial charge in [-0.3, -0.25) is 9.59 Å². The van der Waals surface area contributed by atoms with E-state index in [9.17, 15) is 14.7 Å². The number of benzene rings is 2. The zero-order chi connectivity index (χ0) is 19.4. The number of nitrogens with one attached hydrogen (secondary N) is 1. The van der Waals surface area contributed by atoms with Gasteiger partial charge in [-0.15, -0.1) is 0 Å². The van der Waals surface area contributed by atoms with Crippen LogP contribution in [-0.4, -0.2) is 27.9 Å². The average Bonchev–Trinajstić information content (AvgIpc) is 2.68. The largest absolute Gasteiger partial charge is 0.505 e. The molecule has 1 amide bonds. The van der Waals surface area contributed by atoms with Gasteiger partial charge in [0.2, 0.25) is 0 Å². The Labute approximate surface area is 155 Å². The van der Waals surface area contributed by atoms with Gasteiger partial charge in [-0.1, -0.05) is 42.5 Å². The van der Waals surface area contributed by atoms with E-state index in [0.717, 1.165) is 16.3 Å². The number of carbonyl (C=O) groups excluding carboxylic acids is 1. The van der Waals surface area contributed by atoms with Gasteiger partial charge in [-0.2, -0.15) is 9.78 Å². The monoisotopic (exact) mass is 365 g/mol. The molecule has 1 heterocycles. The molecule has 0 saturated heterocycles. The molecule has 1 atom stereocenters. The van der Waals surface area contributed by atoms with Crippen LogP contribution in [0.3, 0.4) is 0 Å². The number of hydrogen-bond donors (Lipinski definition) is 2. The fraction of sp³-hybridized carbons (Fsp3) is 0.150. The van der Waals surface area contributed by atoms with Gasteiger partial charge in [-0.25, -0.2) is 0 Å². The molecule has 138 valence electrons. The quantitative estimate of drug-likeness (QED) is 0.724. The van der Waals surface area contributed by atoms with Gasteiger partial charge in [0.15, 0.2) is 11.4 Å². The standard InChI is InChI=1S/C20H19N3O4/c1-13(14-8-4-3-5-9-14)21-20(26)19-16(24)12-18(25)23(22-19)15-10-6-7-11-17(15)27-2/h3-13,24H,1-2H3,(H,21,26). The molecule has 0 radical (unpaired) electrons. The van der Waals surface area contributed by atoms with E-state index < -0.39 is 17.2 Å². The van der Waals surface area contributed by atoms with E-state index in [1.807, 2.05) is 37.3 Å². The highest BCUT2D eigenvalue weighted by atomic mass is 16.5. The van der Waals surface area contributed by atoms with Gasteiger partial charge < -0.3 is 15.2 Å². The first kappa shape index (κ1) is 18.2. The van der Waals surface area contributed by atoms with Gasteiger partial charge in [-0.05, 0) is 24.6 Å². The summed E-state index contributed by atoms with van der Waals surface area (Å²) in [6.07, 6.45) is 0. The van der Waals surface area contributed by atoms with Crippen LogP contribution in [0.1, 0.15) is 29.0 Å². The third-order valence-electron chi connectivity index (χ3n) is 4.09. The van der Waals surface area contributed by atoms with Crippen molar-refractivity contribution in [2.24, 2.45) is 0 Å². The van der Waals surface area contributed by atoms with Gasteiger partial charge >= 0.3 is 0 Å². The lowest BCUT2D eigenvalue weighted by molar-refractivity contribution is 0.0929. The number of rotatable bonds is 5. The Kier molecular flexibility index (Phi) is 5.21. The van der Waals surface area contributed by atoms with E-state index in [-0.39, 0.29) is 11.7 Å². The maximum Gasteiger partial charge on any atom is 0.276 e. The lowest BCUT2D eigenvalue weighted by Crippen LogP contribution is -2.31. The lowest BCUT2D eigenvalue weighted by Gasteiger charge is -2.15. The normalized spacial score (nSPS) is 11.6. The van der Waals surface area contributed by atoms with Crippen LogP contribution in [0.4, 0.5) is 0 Å². The number of amides is 1. The third-order valence-corrected chi connectivity index (χ3v) is 4.09. The molecule has 0 aliphatic rings. The summed E-state index contributed by atoms with van der Waals surface area (Å²) in [6, 6.07) is 16.8. The van der Waals surface area contributed by atoms with Crippen LogP contribution in [0.15, 0.2) is 65.5 Å². The molecule has 7 nitrogen and oxygen atoms in total. The van der Waals surface area contributed by atoms with Crippen LogP contribution in [0, 0.1) is 0 Å². The second kappa shape index (κ2) is 7.74. The van der Waals surface area contributed by atoms with Crippen LogP contribution in [0.25, 0.3) is 5.69 Å². The van der Waals surface area contributed by atoms with Gasteiger partial charge in [0.1, 0.15) is 11.4 Å². The summed E-state index contributed by atoms with van der Waals surface area (Å²) < 4.78 is 6.27. The van der Waals surface area contributed by atoms with Crippen molar-refractivity contribution in [2.75, 3.05) is 7.11 Å². The van der Waals surface area contributed by atoms with E-state index in [1.165, 1.54) is 7.11 Å². The highest BCUT2D eigenvalue weighted by Gasteiger charge is 2.20. The van der Waals surface area contributed by atoms with Gasteiger partial charge in [0, 0.05) is 6.07 Å². The van der Waals surface area contributed by atoms with Crippen LogP contribution in [0.5, 0.6) is 11.5 Å². The van der Waals surface area contributed by atoms with Crippen molar-refractivity contribution < 1.29 is 14.6 Å². The molecule has 2 N–H and O–H groups in total. The van der Waals surface area contributed by atoms with E-state index in [2.05, 4.69) is 10.4 Å². The molecule has 0 aliphatic carbocycles. The molecule has 7 heteroatoms. The SMILES string of the molecule is COc1ccccc1-n1nc(C(=O)NC(C)c2ccccc2)c(O)cc1=O. The smallest absolute Gasteiger partial charge is 0.276 e. The molecule has 3 aromatic rings. The van der Waals surface area contributed by atoms with Crippen molar-refractivity contribution in [3.63, 3.8) is 0 Å². The fourth-order valence-corrected chi connectivity index (χ4v) is 2.68. The predicted octanol–water partition coefficient (Wildman–Crippen LogP) is 2.44. The van der Waals surface area contributed by atoms with E-state index >= 15 is 0 Å². The molecular formula is C20H19N3O4. The molecule has 1 unspecified atom stereocenters. The van der Waals surface area contributed by atoms with Crippen LogP contribution in [0.2, 0.25) is 0 Å². The summed E-state index contributed by atoms with van der Waals surface area (Å²) in [4.78, 5) is 24.9. The molecule has 0 saturated carbocycles. The summed E-state index contributed by atoms with van der Waals surface area (Å²) >= 11 is 0. The molecule has 2 aromatic carbocycles. The van der Waals surface area contributed by atoms with Crippen LogP contribution >= 0.6 is 0 Å². The third kappa shape index (κ3) is 3.82. The summed E-state index contributed by atoms with van der Waals surface area (Å²) in [5.74, 6) is -0.654. The zero-order valence-corrected chi connectivity index (χ0v) is 14.9. The van der Waals surface area contributed by atoms with Gasteiger partial charge in [0.05, 0.1) is 13.2 Å². The molecular weight excluding hydrogens is 346 g/mol. The second-order valence-electron chi connectivity index (χ2n) is 5.91. The molecule has 1 aromatic heterocycles. The van der Waals surface area contributed by atoms with Crippen molar-refractivity contribution >= 4 is 5.91 Å². The first-order chi connectivity index (χ1) is 13.0. The number of para-hydroxylation sites is 2. The van der Waals surface area contributed by atoms with Crippen LogP contribution < -0.4 is 15.6 Å². The number of ether oxygens (including phenoxy) is 1. The number of carbonyl (C=O) groups is 1. The van der Waals surface area contributed by atoms with E-state index in [1.54, 1.807) is 24.3 Å². The molecule has 0 spiro atoms. The first-order valence-electron chi connectivity index (χ1n) is 8.34. The summed E-state index contributed by atoms with van der Waals surface area (Å²) in [6.45, 7) is 1.82. The number of methoxy groups -OCH3 is 1. The Bertz CT molecular complexity index is 1020. The molecule has 0 bridgehead atoms. The molecule has 3 rings (SSSR count). The van der Waals surface area contributed by atoms with Crippen LogP contribution in [-0.2, 0) is 0 Å². The Morgan fingerprint density at radius 2 is 1.81 bits per heavy atom. The van der Waals surface area contributed by atoms with Crippen molar-refractivity contribution in [2.45, 2.75) is 13.0 Å². The van der Waals surface area contributed by atoms with Crippen molar-refractivity contribution in [3.8, 4) is 17.2 Å². The number of aromatic hydroxyl groups is 1. The average molecular weight is 365 g/mol.